The third kappa shape index (κ3) is 5.86. The van der Waals surface area contributed by atoms with Crippen molar-refractivity contribution in [3.05, 3.63) is 24.0 Å². The van der Waals surface area contributed by atoms with Gasteiger partial charge >= 0.3 is 0 Å². The Balaban J connectivity index is 1.35. The first-order valence-corrected chi connectivity index (χ1v) is 17.4. The summed E-state index contributed by atoms with van der Waals surface area (Å²) in [6.07, 6.45) is 20.6. The standard InChI is InChI=1S/C32H54OS2/c1-7-24(22(2)3)9-8-10-25-12-14-29-28-13-11-26-21-27(35-34-20-17-23(4)33)15-18-32(26,6)30(28)16-19-31(25,29)5/h11,22,24-25,27-30,33H,4,7-10,12-21H2,1-3,5-6H3. The minimum Gasteiger partial charge on any atom is -0.513 e. The number of aliphatic hydroxyl groups excluding tert-OH is 1. The normalized spacial score (nSPS) is 39.5. The Labute approximate surface area is 225 Å². The van der Waals surface area contributed by atoms with Gasteiger partial charge in [0.2, 0.25) is 0 Å². The van der Waals surface area contributed by atoms with Crippen molar-refractivity contribution in [2.24, 2.45) is 46.3 Å². The van der Waals surface area contributed by atoms with E-state index in [-0.39, 0.29) is 0 Å². The fraction of sp³-hybridized carbons (Fsp3) is 0.875. The minimum absolute atomic E-state index is 0.328. The van der Waals surface area contributed by atoms with E-state index >= 15 is 0 Å². The first-order chi connectivity index (χ1) is 16.7. The van der Waals surface area contributed by atoms with Crippen LogP contribution in [-0.4, -0.2) is 16.1 Å². The zero-order valence-electron chi connectivity index (χ0n) is 23.5. The first-order valence-electron chi connectivity index (χ1n) is 15.0. The van der Waals surface area contributed by atoms with E-state index in [2.05, 4.69) is 58.1 Å². The van der Waals surface area contributed by atoms with Gasteiger partial charge in [-0.25, -0.2) is 0 Å². The molecule has 8 atom stereocenters. The van der Waals surface area contributed by atoms with Gasteiger partial charge in [-0.3, -0.25) is 0 Å². The lowest BCUT2D eigenvalue weighted by Crippen LogP contribution is -2.50. The molecule has 0 radical (unpaired) electrons. The maximum atomic E-state index is 9.36. The van der Waals surface area contributed by atoms with Crippen molar-refractivity contribution in [1.82, 2.24) is 0 Å². The molecule has 0 bridgehead atoms. The van der Waals surface area contributed by atoms with Crippen molar-refractivity contribution in [2.75, 3.05) is 5.75 Å². The Morgan fingerprint density at radius 1 is 1.14 bits per heavy atom. The summed E-state index contributed by atoms with van der Waals surface area (Å²) in [4.78, 5) is 0. The second-order valence-corrected chi connectivity index (χ2v) is 16.3. The van der Waals surface area contributed by atoms with Crippen LogP contribution in [-0.2, 0) is 0 Å². The number of hydrogen-bond donors (Lipinski definition) is 1. The highest BCUT2D eigenvalue weighted by atomic mass is 33.1. The number of rotatable bonds is 11. The van der Waals surface area contributed by atoms with Crippen LogP contribution >= 0.6 is 21.6 Å². The van der Waals surface area contributed by atoms with Gasteiger partial charge in [0.1, 0.15) is 0 Å². The van der Waals surface area contributed by atoms with E-state index in [1.54, 1.807) is 0 Å². The SMILES string of the molecule is C=C(O)CCSSC1CCC2(C)C(=CCC3C2CCC2(C)C(CCCC(CC)C(C)C)CCC32)C1. The van der Waals surface area contributed by atoms with E-state index in [4.69, 9.17) is 0 Å². The van der Waals surface area contributed by atoms with Gasteiger partial charge in [0, 0.05) is 17.4 Å². The lowest BCUT2D eigenvalue weighted by atomic mass is 9.47. The summed E-state index contributed by atoms with van der Waals surface area (Å²) in [6.45, 7) is 16.2. The van der Waals surface area contributed by atoms with Gasteiger partial charge in [-0.15, -0.1) is 0 Å². The van der Waals surface area contributed by atoms with Crippen molar-refractivity contribution >= 4 is 21.6 Å². The molecule has 0 spiro atoms. The predicted octanol–water partition coefficient (Wildman–Crippen LogP) is 10.6. The summed E-state index contributed by atoms with van der Waals surface area (Å²) in [5.74, 6) is 6.92. The fourth-order valence-corrected chi connectivity index (χ4v) is 11.9. The Kier molecular flexibility index (Phi) is 9.44. The predicted molar refractivity (Wildman–Crippen MR) is 158 cm³/mol. The molecule has 3 heteroatoms. The number of aliphatic hydroxyl groups is 1. The molecule has 0 aromatic carbocycles. The van der Waals surface area contributed by atoms with Crippen LogP contribution in [0.4, 0.5) is 0 Å². The lowest BCUT2D eigenvalue weighted by Gasteiger charge is -2.58. The van der Waals surface area contributed by atoms with E-state index in [0.29, 0.717) is 16.6 Å². The van der Waals surface area contributed by atoms with Crippen molar-refractivity contribution < 1.29 is 5.11 Å². The third-order valence-electron chi connectivity index (χ3n) is 11.5. The summed E-state index contributed by atoms with van der Waals surface area (Å²) in [6, 6.07) is 0. The molecule has 3 fully saturated rings. The quantitative estimate of drug-likeness (QED) is 0.127. The molecule has 4 aliphatic rings. The third-order valence-corrected chi connectivity index (χ3v) is 14.4. The molecule has 0 heterocycles. The van der Waals surface area contributed by atoms with Crippen LogP contribution in [0, 0.1) is 46.3 Å². The van der Waals surface area contributed by atoms with Crippen LogP contribution in [0.5, 0.6) is 0 Å². The highest BCUT2D eigenvalue weighted by Gasteiger charge is 2.58. The molecule has 4 rings (SSSR count). The molecule has 35 heavy (non-hydrogen) atoms. The van der Waals surface area contributed by atoms with Crippen LogP contribution < -0.4 is 0 Å². The fourth-order valence-electron chi connectivity index (χ4n) is 9.23. The maximum absolute atomic E-state index is 9.36. The average molecular weight is 519 g/mol. The van der Waals surface area contributed by atoms with Crippen LogP contribution in [0.25, 0.3) is 0 Å². The van der Waals surface area contributed by atoms with E-state index in [9.17, 15) is 5.11 Å². The van der Waals surface area contributed by atoms with Gasteiger partial charge < -0.3 is 5.11 Å². The molecule has 8 unspecified atom stereocenters. The average Bonchev–Trinajstić information content (AvgIpc) is 3.15. The smallest absolute Gasteiger partial charge is 0.0859 e. The Hall–Kier alpha value is -0.0200. The van der Waals surface area contributed by atoms with Crippen molar-refractivity contribution in [2.45, 2.75) is 123 Å². The largest absolute Gasteiger partial charge is 0.513 e. The Morgan fingerprint density at radius 2 is 1.94 bits per heavy atom. The first kappa shape index (κ1) is 28.0. The number of fused-ring (bicyclic) bond motifs is 5. The molecule has 0 aromatic rings. The molecule has 4 aliphatic carbocycles. The van der Waals surface area contributed by atoms with Gasteiger partial charge in [0.05, 0.1) is 5.76 Å². The van der Waals surface area contributed by atoms with Crippen molar-refractivity contribution in [3.63, 3.8) is 0 Å². The monoisotopic (exact) mass is 518 g/mol. The number of hydrogen-bond acceptors (Lipinski definition) is 3. The van der Waals surface area contributed by atoms with Gasteiger partial charge in [-0.05, 0) is 104 Å². The molecular formula is C32H54OS2. The molecule has 0 aromatic heterocycles. The van der Waals surface area contributed by atoms with Gasteiger partial charge in [-0.1, -0.05) is 93.7 Å². The van der Waals surface area contributed by atoms with Crippen LogP contribution in [0.3, 0.4) is 0 Å². The van der Waals surface area contributed by atoms with E-state index in [1.165, 1.54) is 77.0 Å². The summed E-state index contributed by atoms with van der Waals surface area (Å²) in [5.41, 5.74) is 2.89. The maximum Gasteiger partial charge on any atom is 0.0859 e. The lowest BCUT2D eigenvalue weighted by molar-refractivity contribution is -0.0423. The molecular weight excluding hydrogens is 464 g/mol. The zero-order chi connectivity index (χ0) is 25.2. The van der Waals surface area contributed by atoms with E-state index in [1.807, 2.05) is 16.4 Å². The Morgan fingerprint density at radius 3 is 2.66 bits per heavy atom. The molecule has 200 valence electrons. The van der Waals surface area contributed by atoms with Crippen LogP contribution in [0.15, 0.2) is 24.0 Å². The summed E-state index contributed by atoms with van der Waals surface area (Å²) in [7, 11) is 4.02. The van der Waals surface area contributed by atoms with Crippen LogP contribution in [0.2, 0.25) is 0 Å². The van der Waals surface area contributed by atoms with Gasteiger partial charge in [-0.2, -0.15) is 0 Å². The van der Waals surface area contributed by atoms with Gasteiger partial charge in [0.25, 0.3) is 0 Å². The highest BCUT2D eigenvalue weighted by Crippen LogP contribution is 2.67. The molecule has 1 nitrogen and oxygen atoms in total. The molecule has 0 saturated heterocycles. The van der Waals surface area contributed by atoms with Crippen molar-refractivity contribution in [1.29, 1.82) is 0 Å². The second-order valence-electron chi connectivity index (χ2n) is 13.5. The van der Waals surface area contributed by atoms with Crippen molar-refractivity contribution in [3.8, 4) is 0 Å². The minimum atomic E-state index is 0.328. The second kappa shape index (κ2) is 11.8. The van der Waals surface area contributed by atoms with E-state index in [0.717, 1.165) is 52.9 Å². The van der Waals surface area contributed by atoms with E-state index < -0.39 is 0 Å². The molecule has 1 N–H and O–H groups in total. The highest BCUT2D eigenvalue weighted by molar-refractivity contribution is 8.76. The topological polar surface area (TPSA) is 20.2 Å². The molecule has 3 saturated carbocycles. The van der Waals surface area contributed by atoms with Gasteiger partial charge in [0.15, 0.2) is 0 Å². The van der Waals surface area contributed by atoms with Crippen LogP contribution in [0.1, 0.15) is 118 Å². The molecule has 0 amide bonds. The Bertz CT molecular complexity index is 759. The summed E-state index contributed by atoms with van der Waals surface area (Å²) in [5, 5.41) is 10.1. The zero-order valence-corrected chi connectivity index (χ0v) is 25.1. The summed E-state index contributed by atoms with van der Waals surface area (Å²) >= 11 is 0. The number of allylic oxidation sites excluding steroid dienone is 3. The summed E-state index contributed by atoms with van der Waals surface area (Å²) < 4.78 is 0. The molecule has 0 aliphatic heterocycles.